The minimum absolute atomic E-state index is 0.0932. The fourth-order valence-electron chi connectivity index (χ4n) is 3.35. The summed E-state index contributed by atoms with van der Waals surface area (Å²) in [5.41, 5.74) is -0.0991. The van der Waals surface area contributed by atoms with Crippen molar-refractivity contribution in [2.24, 2.45) is 0 Å². The van der Waals surface area contributed by atoms with Crippen LogP contribution in [0, 0.1) is 0 Å². The SMILES string of the molecule is COc1ccc(C[C@H](NC(=O)C2(NC(=O)OC(C)(C)C)CC2)C(=O)OCc2ccccc2)cc1. The summed E-state index contributed by atoms with van der Waals surface area (Å²) in [7, 11) is 1.58. The molecule has 0 heterocycles. The molecular weight excluding hydrogens is 436 g/mol. The van der Waals surface area contributed by atoms with Gasteiger partial charge in [0.1, 0.15) is 29.5 Å². The van der Waals surface area contributed by atoms with Crippen molar-refractivity contribution in [3.05, 3.63) is 65.7 Å². The van der Waals surface area contributed by atoms with E-state index in [0.717, 1.165) is 11.1 Å². The Bertz CT molecular complexity index is 994. The van der Waals surface area contributed by atoms with Gasteiger partial charge < -0.3 is 24.8 Å². The standard InChI is InChI=1S/C26H32N2O6/c1-25(2,3)34-24(31)28-26(14-15-26)23(30)27-21(16-18-10-12-20(32-4)13-11-18)22(29)33-17-19-8-6-5-7-9-19/h5-13,21H,14-17H2,1-4H3,(H,27,30)(H,28,31)/t21-/m0/s1. The Balaban J connectivity index is 1.69. The predicted molar refractivity (Wildman–Crippen MR) is 126 cm³/mol. The Hall–Kier alpha value is -3.55. The molecule has 0 radical (unpaired) electrons. The van der Waals surface area contributed by atoms with Crippen LogP contribution in [0.2, 0.25) is 0 Å². The zero-order valence-corrected chi connectivity index (χ0v) is 20.1. The van der Waals surface area contributed by atoms with Gasteiger partial charge in [-0.15, -0.1) is 0 Å². The number of alkyl carbamates (subject to hydrolysis) is 1. The highest BCUT2D eigenvalue weighted by molar-refractivity contribution is 5.95. The first-order chi connectivity index (χ1) is 16.1. The fraction of sp³-hybridized carbons (Fsp3) is 0.423. The van der Waals surface area contributed by atoms with E-state index in [1.54, 1.807) is 40.0 Å². The van der Waals surface area contributed by atoms with E-state index in [2.05, 4.69) is 10.6 Å². The quantitative estimate of drug-likeness (QED) is 0.546. The smallest absolute Gasteiger partial charge is 0.408 e. The first-order valence-corrected chi connectivity index (χ1v) is 11.3. The van der Waals surface area contributed by atoms with E-state index < -0.39 is 35.2 Å². The molecule has 8 heteroatoms. The Morgan fingerprint density at radius 3 is 2.18 bits per heavy atom. The fourth-order valence-corrected chi connectivity index (χ4v) is 3.35. The molecule has 0 unspecified atom stereocenters. The van der Waals surface area contributed by atoms with Gasteiger partial charge >= 0.3 is 12.1 Å². The van der Waals surface area contributed by atoms with Crippen LogP contribution in [0.15, 0.2) is 54.6 Å². The van der Waals surface area contributed by atoms with E-state index >= 15 is 0 Å². The molecular formula is C26H32N2O6. The highest BCUT2D eigenvalue weighted by Crippen LogP contribution is 2.36. The molecule has 1 aliphatic rings. The largest absolute Gasteiger partial charge is 0.497 e. The van der Waals surface area contributed by atoms with E-state index in [1.165, 1.54) is 0 Å². The van der Waals surface area contributed by atoms with Gasteiger partial charge in [-0.1, -0.05) is 42.5 Å². The van der Waals surface area contributed by atoms with E-state index in [9.17, 15) is 14.4 Å². The van der Waals surface area contributed by atoms with Gasteiger partial charge in [0, 0.05) is 6.42 Å². The van der Waals surface area contributed by atoms with E-state index in [1.807, 2.05) is 42.5 Å². The van der Waals surface area contributed by atoms with Gasteiger partial charge in [0.2, 0.25) is 5.91 Å². The molecule has 1 atom stereocenters. The monoisotopic (exact) mass is 468 g/mol. The number of hydrogen-bond donors (Lipinski definition) is 2. The molecule has 2 aromatic rings. The number of amides is 2. The summed E-state index contributed by atoms with van der Waals surface area (Å²) in [6.07, 6.45) is 0.489. The molecule has 182 valence electrons. The topological polar surface area (TPSA) is 103 Å². The maximum absolute atomic E-state index is 13.1. The van der Waals surface area contributed by atoms with Crippen molar-refractivity contribution in [3.63, 3.8) is 0 Å². The first-order valence-electron chi connectivity index (χ1n) is 11.3. The van der Waals surface area contributed by atoms with Crippen molar-refractivity contribution >= 4 is 18.0 Å². The highest BCUT2D eigenvalue weighted by Gasteiger charge is 2.52. The van der Waals surface area contributed by atoms with Crippen LogP contribution in [0.25, 0.3) is 0 Å². The summed E-state index contributed by atoms with van der Waals surface area (Å²) >= 11 is 0. The molecule has 3 rings (SSSR count). The molecule has 1 aliphatic carbocycles. The van der Waals surface area contributed by atoms with Gasteiger partial charge in [0.25, 0.3) is 0 Å². The van der Waals surface area contributed by atoms with Crippen LogP contribution in [0.5, 0.6) is 5.75 Å². The molecule has 2 aromatic carbocycles. The lowest BCUT2D eigenvalue weighted by Crippen LogP contribution is -2.54. The molecule has 2 N–H and O–H groups in total. The molecule has 2 amide bonds. The van der Waals surface area contributed by atoms with Gasteiger partial charge in [-0.05, 0) is 56.9 Å². The Morgan fingerprint density at radius 1 is 0.971 bits per heavy atom. The van der Waals surface area contributed by atoms with Crippen LogP contribution in [0.1, 0.15) is 44.7 Å². The molecule has 0 aromatic heterocycles. The second-order valence-corrected chi connectivity index (χ2v) is 9.38. The molecule has 1 saturated carbocycles. The number of hydrogen-bond acceptors (Lipinski definition) is 6. The van der Waals surface area contributed by atoms with Crippen molar-refractivity contribution in [2.45, 2.75) is 63.8 Å². The van der Waals surface area contributed by atoms with E-state index in [0.29, 0.717) is 18.6 Å². The molecule has 8 nitrogen and oxygen atoms in total. The second-order valence-electron chi connectivity index (χ2n) is 9.38. The van der Waals surface area contributed by atoms with Gasteiger partial charge in [-0.2, -0.15) is 0 Å². The third kappa shape index (κ3) is 7.23. The summed E-state index contributed by atoms with van der Waals surface area (Å²) in [6.45, 7) is 5.34. The van der Waals surface area contributed by atoms with Gasteiger partial charge in [-0.3, -0.25) is 4.79 Å². The van der Waals surface area contributed by atoms with Crippen LogP contribution in [-0.2, 0) is 32.1 Å². The molecule has 0 bridgehead atoms. The number of carbonyl (C=O) groups is 3. The summed E-state index contributed by atoms with van der Waals surface area (Å²) < 4.78 is 16.0. The average Bonchev–Trinajstić information content (AvgIpc) is 3.57. The van der Waals surface area contributed by atoms with E-state index in [-0.39, 0.29) is 13.0 Å². The summed E-state index contributed by atoms with van der Waals surface area (Å²) in [5.74, 6) is -0.302. The van der Waals surface area contributed by atoms with Crippen molar-refractivity contribution in [1.29, 1.82) is 0 Å². The molecule has 34 heavy (non-hydrogen) atoms. The summed E-state index contributed by atoms with van der Waals surface area (Å²) in [5, 5.41) is 5.45. The minimum Gasteiger partial charge on any atom is -0.497 e. The van der Waals surface area contributed by atoms with E-state index in [4.69, 9.17) is 14.2 Å². The number of carbonyl (C=O) groups excluding carboxylic acids is 3. The Morgan fingerprint density at radius 2 is 1.62 bits per heavy atom. The summed E-state index contributed by atoms with van der Waals surface area (Å²) in [6, 6.07) is 15.6. The minimum atomic E-state index is -1.08. The number of nitrogens with one attached hydrogen (secondary N) is 2. The van der Waals surface area contributed by atoms with Gasteiger partial charge in [-0.25, -0.2) is 9.59 Å². The lowest BCUT2D eigenvalue weighted by molar-refractivity contribution is -0.149. The van der Waals surface area contributed by atoms with Crippen LogP contribution in [-0.4, -0.2) is 42.3 Å². The molecule has 0 spiro atoms. The molecule has 1 fully saturated rings. The van der Waals surface area contributed by atoms with Crippen LogP contribution < -0.4 is 15.4 Å². The van der Waals surface area contributed by atoms with Gasteiger partial charge in [0.05, 0.1) is 7.11 Å². The zero-order chi connectivity index (χ0) is 24.8. The number of methoxy groups -OCH3 is 1. The zero-order valence-electron chi connectivity index (χ0n) is 20.1. The number of benzene rings is 2. The third-order valence-corrected chi connectivity index (χ3v) is 5.34. The lowest BCUT2D eigenvalue weighted by atomic mass is 10.0. The van der Waals surface area contributed by atoms with Crippen LogP contribution >= 0.6 is 0 Å². The number of rotatable bonds is 9. The maximum atomic E-state index is 13.1. The Kier molecular flexibility index (Phi) is 7.81. The first kappa shape index (κ1) is 25.1. The summed E-state index contributed by atoms with van der Waals surface area (Å²) in [4.78, 5) is 38.3. The van der Waals surface area contributed by atoms with Crippen LogP contribution in [0.4, 0.5) is 4.79 Å². The van der Waals surface area contributed by atoms with Crippen molar-refractivity contribution in [1.82, 2.24) is 10.6 Å². The Labute approximate surface area is 200 Å². The maximum Gasteiger partial charge on any atom is 0.408 e. The third-order valence-electron chi connectivity index (χ3n) is 5.34. The highest BCUT2D eigenvalue weighted by atomic mass is 16.6. The predicted octanol–water partition coefficient (Wildman–Crippen LogP) is 3.52. The lowest BCUT2D eigenvalue weighted by Gasteiger charge is -2.25. The van der Waals surface area contributed by atoms with Crippen LogP contribution in [0.3, 0.4) is 0 Å². The molecule has 0 aliphatic heterocycles. The van der Waals surface area contributed by atoms with Crippen molar-refractivity contribution in [3.8, 4) is 5.75 Å². The second kappa shape index (κ2) is 10.6. The normalized spacial score (nSPS) is 14.9. The van der Waals surface area contributed by atoms with Crippen molar-refractivity contribution in [2.75, 3.05) is 7.11 Å². The molecule has 0 saturated heterocycles. The van der Waals surface area contributed by atoms with Crippen molar-refractivity contribution < 1.29 is 28.6 Å². The number of esters is 1. The average molecular weight is 469 g/mol. The number of ether oxygens (including phenoxy) is 3. The van der Waals surface area contributed by atoms with Gasteiger partial charge in [0.15, 0.2) is 0 Å².